The van der Waals surface area contributed by atoms with E-state index in [9.17, 15) is 9.90 Å². The summed E-state index contributed by atoms with van der Waals surface area (Å²) in [7, 11) is 0. The molecule has 0 saturated heterocycles. The van der Waals surface area contributed by atoms with E-state index in [1.807, 2.05) is 32.0 Å². The fraction of sp³-hybridized carbons (Fsp3) is 0.533. The van der Waals surface area contributed by atoms with Crippen LogP contribution in [-0.4, -0.2) is 23.4 Å². The van der Waals surface area contributed by atoms with Crippen LogP contribution in [0.4, 0.5) is 0 Å². The van der Waals surface area contributed by atoms with E-state index in [-0.39, 0.29) is 6.79 Å². The van der Waals surface area contributed by atoms with Crippen molar-refractivity contribution in [1.82, 2.24) is 5.32 Å². The first-order valence-corrected chi connectivity index (χ1v) is 6.61. The third-order valence-corrected chi connectivity index (χ3v) is 4.27. The summed E-state index contributed by atoms with van der Waals surface area (Å²) in [6.45, 7) is 8.07. The van der Waals surface area contributed by atoms with Gasteiger partial charge in [-0.05, 0) is 45.4 Å². The van der Waals surface area contributed by atoms with E-state index in [4.69, 9.17) is 9.47 Å². The lowest BCUT2D eigenvalue weighted by Gasteiger charge is -2.39. The van der Waals surface area contributed by atoms with Gasteiger partial charge in [-0.3, -0.25) is 4.79 Å². The predicted molar refractivity (Wildman–Crippen MR) is 74.9 cm³/mol. The molecule has 0 bridgehead atoms. The molecule has 1 aliphatic heterocycles. The topological polar surface area (TPSA) is 67.8 Å². The molecule has 1 heterocycles. The third-order valence-electron chi connectivity index (χ3n) is 4.27. The van der Waals surface area contributed by atoms with Crippen molar-refractivity contribution in [3.05, 3.63) is 23.8 Å². The molecule has 0 spiro atoms. The Morgan fingerprint density at radius 3 is 2.55 bits per heavy atom. The van der Waals surface area contributed by atoms with Gasteiger partial charge in [0.2, 0.25) is 6.79 Å². The maximum atomic E-state index is 11.4. The van der Waals surface area contributed by atoms with E-state index in [0.717, 1.165) is 17.1 Å². The SMILES string of the molecule is CC(C)(NCc1ccc2c(c1)OCO2)C(C)(C)C(=O)O. The van der Waals surface area contributed by atoms with Crippen molar-refractivity contribution in [1.29, 1.82) is 0 Å². The molecule has 5 nitrogen and oxygen atoms in total. The lowest BCUT2D eigenvalue weighted by Crippen LogP contribution is -2.54. The van der Waals surface area contributed by atoms with Gasteiger partial charge in [0.15, 0.2) is 11.5 Å². The summed E-state index contributed by atoms with van der Waals surface area (Å²) in [6, 6.07) is 5.73. The second-order valence-electron chi connectivity index (χ2n) is 6.10. The van der Waals surface area contributed by atoms with Crippen LogP contribution in [0.1, 0.15) is 33.3 Å². The van der Waals surface area contributed by atoms with Gasteiger partial charge in [0, 0.05) is 12.1 Å². The van der Waals surface area contributed by atoms with Crippen LogP contribution in [-0.2, 0) is 11.3 Å². The fourth-order valence-corrected chi connectivity index (χ4v) is 1.86. The van der Waals surface area contributed by atoms with Crippen LogP contribution in [0.5, 0.6) is 11.5 Å². The van der Waals surface area contributed by atoms with Gasteiger partial charge in [0.05, 0.1) is 5.41 Å². The number of nitrogens with one attached hydrogen (secondary N) is 1. The van der Waals surface area contributed by atoms with Crippen molar-refractivity contribution in [2.75, 3.05) is 6.79 Å². The van der Waals surface area contributed by atoms with Crippen molar-refractivity contribution in [3.63, 3.8) is 0 Å². The Kier molecular flexibility index (Phi) is 3.65. The molecule has 2 N–H and O–H groups in total. The average molecular weight is 279 g/mol. The first-order valence-electron chi connectivity index (χ1n) is 6.61. The molecule has 2 rings (SSSR count). The molecule has 0 unspecified atom stereocenters. The summed E-state index contributed by atoms with van der Waals surface area (Å²) in [6.07, 6.45) is 0. The second-order valence-corrected chi connectivity index (χ2v) is 6.10. The molecule has 0 aromatic heterocycles. The normalized spacial score (nSPS) is 14.4. The standard InChI is InChI=1S/C15H21NO4/c1-14(2,13(17)18)15(3,4)16-8-10-5-6-11-12(7-10)20-9-19-11/h5-7,16H,8-9H2,1-4H3,(H,17,18). The van der Waals surface area contributed by atoms with Crippen LogP contribution in [0.25, 0.3) is 0 Å². The van der Waals surface area contributed by atoms with Crippen LogP contribution in [0.3, 0.4) is 0 Å². The Bertz CT molecular complexity index is 523. The van der Waals surface area contributed by atoms with Crippen LogP contribution in [0.15, 0.2) is 18.2 Å². The molecule has 0 saturated carbocycles. The van der Waals surface area contributed by atoms with Crippen LogP contribution < -0.4 is 14.8 Å². The minimum atomic E-state index is -0.872. The number of benzene rings is 1. The highest BCUT2D eigenvalue weighted by Gasteiger charge is 2.43. The summed E-state index contributed by atoms with van der Waals surface area (Å²) in [5, 5.41) is 12.6. The van der Waals surface area contributed by atoms with E-state index < -0.39 is 16.9 Å². The molecule has 0 atom stereocenters. The quantitative estimate of drug-likeness (QED) is 0.866. The molecule has 0 radical (unpaired) electrons. The van der Waals surface area contributed by atoms with Gasteiger partial charge < -0.3 is 19.9 Å². The maximum Gasteiger partial charge on any atom is 0.310 e. The van der Waals surface area contributed by atoms with Crippen LogP contribution in [0.2, 0.25) is 0 Å². The highest BCUT2D eigenvalue weighted by Crippen LogP contribution is 2.34. The highest BCUT2D eigenvalue weighted by atomic mass is 16.7. The molecule has 0 fully saturated rings. The molecule has 1 aromatic carbocycles. The molecule has 1 aromatic rings. The minimum absolute atomic E-state index is 0.254. The average Bonchev–Trinajstić information content (AvgIpc) is 2.83. The Morgan fingerprint density at radius 2 is 1.90 bits per heavy atom. The molecule has 0 amide bonds. The number of fused-ring (bicyclic) bond motifs is 1. The van der Waals surface area contributed by atoms with E-state index in [1.54, 1.807) is 13.8 Å². The monoisotopic (exact) mass is 279 g/mol. The number of carbonyl (C=O) groups is 1. The van der Waals surface area contributed by atoms with Gasteiger partial charge in [-0.1, -0.05) is 6.07 Å². The Morgan fingerprint density at radius 1 is 1.25 bits per heavy atom. The number of carboxylic acids is 1. The van der Waals surface area contributed by atoms with Crippen LogP contribution >= 0.6 is 0 Å². The second kappa shape index (κ2) is 4.98. The fourth-order valence-electron chi connectivity index (χ4n) is 1.86. The van der Waals surface area contributed by atoms with Gasteiger partial charge in [-0.2, -0.15) is 0 Å². The molecular formula is C15H21NO4. The lowest BCUT2D eigenvalue weighted by atomic mass is 9.74. The van der Waals surface area contributed by atoms with E-state index in [0.29, 0.717) is 6.54 Å². The Labute approximate surface area is 118 Å². The van der Waals surface area contributed by atoms with E-state index >= 15 is 0 Å². The third kappa shape index (κ3) is 2.58. The van der Waals surface area contributed by atoms with Crippen molar-refractivity contribution in [2.45, 2.75) is 39.8 Å². The van der Waals surface area contributed by atoms with Gasteiger partial charge in [0.25, 0.3) is 0 Å². The zero-order valence-electron chi connectivity index (χ0n) is 12.3. The summed E-state index contributed by atoms with van der Waals surface area (Å²) in [5.74, 6) is 0.666. The number of carboxylic acid groups (broad SMARTS) is 1. The number of hydrogen-bond donors (Lipinski definition) is 2. The van der Waals surface area contributed by atoms with Crippen molar-refractivity contribution >= 4 is 5.97 Å². The number of ether oxygens (including phenoxy) is 2. The molecule has 20 heavy (non-hydrogen) atoms. The van der Waals surface area contributed by atoms with Gasteiger partial charge >= 0.3 is 5.97 Å². The largest absolute Gasteiger partial charge is 0.481 e. The smallest absolute Gasteiger partial charge is 0.310 e. The first-order chi connectivity index (χ1) is 9.24. The molecular weight excluding hydrogens is 258 g/mol. The van der Waals surface area contributed by atoms with Gasteiger partial charge in [-0.15, -0.1) is 0 Å². The number of aliphatic carboxylic acids is 1. The molecule has 110 valence electrons. The van der Waals surface area contributed by atoms with Crippen molar-refractivity contribution < 1.29 is 19.4 Å². The van der Waals surface area contributed by atoms with Gasteiger partial charge in [0.1, 0.15) is 0 Å². The maximum absolute atomic E-state index is 11.4. The molecule has 1 aliphatic rings. The summed E-state index contributed by atoms with van der Waals surface area (Å²) >= 11 is 0. The summed E-state index contributed by atoms with van der Waals surface area (Å²) < 4.78 is 10.6. The minimum Gasteiger partial charge on any atom is -0.481 e. The van der Waals surface area contributed by atoms with Crippen LogP contribution in [0, 0.1) is 5.41 Å². The summed E-state index contributed by atoms with van der Waals surface area (Å²) in [5.41, 5.74) is -0.387. The predicted octanol–water partition coefficient (Wildman–Crippen LogP) is 2.39. The zero-order chi connectivity index (χ0) is 15.0. The first kappa shape index (κ1) is 14.7. The van der Waals surface area contributed by atoms with Gasteiger partial charge in [-0.25, -0.2) is 0 Å². The molecule has 5 heteroatoms. The zero-order valence-corrected chi connectivity index (χ0v) is 12.3. The Hall–Kier alpha value is -1.75. The van der Waals surface area contributed by atoms with Crippen molar-refractivity contribution in [3.8, 4) is 11.5 Å². The number of hydrogen-bond acceptors (Lipinski definition) is 4. The Balaban J connectivity index is 2.06. The van der Waals surface area contributed by atoms with E-state index in [1.165, 1.54) is 0 Å². The highest BCUT2D eigenvalue weighted by molar-refractivity contribution is 5.75. The lowest BCUT2D eigenvalue weighted by molar-refractivity contribution is -0.151. The van der Waals surface area contributed by atoms with Crippen molar-refractivity contribution in [2.24, 2.45) is 5.41 Å². The molecule has 0 aliphatic carbocycles. The number of rotatable bonds is 5. The summed E-state index contributed by atoms with van der Waals surface area (Å²) in [4.78, 5) is 11.4. The van der Waals surface area contributed by atoms with E-state index in [2.05, 4.69) is 5.32 Å².